The molecular formula is C29H44F2N5O5P. The second-order valence-electron chi connectivity index (χ2n) is 12.3. The summed E-state index contributed by atoms with van der Waals surface area (Å²) in [5, 5.41) is 12.1. The number of aryl methyl sites for hydroxylation is 1. The number of fused-ring (bicyclic) bond motifs is 2. The average molecular weight is 612 g/mol. The van der Waals surface area contributed by atoms with E-state index in [-0.39, 0.29) is 43.6 Å². The number of rotatable bonds is 8. The van der Waals surface area contributed by atoms with Crippen LogP contribution in [0.5, 0.6) is 0 Å². The van der Waals surface area contributed by atoms with E-state index in [2.05, 4.69) is 57.9 Å². The molecule has 4 N–H and O–H groups in total. The Labute approximate surface area is 246 Å². The molecule has 0 spiro atoms. The Kier molecular flexibility index (Phi) is 10.6. The van der Waals surface area contributed by atoms with Crippen LogP contribution in [0.1, 0.15) is 107 Å². The Morgan fingerprint density at radius 3 is 2.14 bits per heavy atom. The molecule has 2 bridgehead atoms. The van der Waals surface area contributed by atoms with E-state index in [1.165, 1.54) is 12.8 Å². The van der Waals surface area contributed by atoms with E-state index in [0.29, 0.717) is 24.0 Å². The molecule has 3 heterocycles. The minimum atomic E-state index is -4.64. The molecule has 3 fully saturated rings. The van der Waals surface area contributed by atoms with Gasteiger partial charge in [0.05, 0.1) is 6.04 Å². The number of hydrogen-bond acceptors (Lipinski definition) is 5. The maximum Gasteiger partial charge on any atom is 0.466 e. The van der Waals surface area contributed by atoms with Crippen LogP contribution in [0, 0.1) is 12.8 Å². The number of alkyl halides is 2. The molecule has 1 aromatic heterocycles. The van der Waals surface area contributed by atoms with Crippen molar-refractivity contribution in [1.82, 2.24) is 25.0 Å². The molecule has 42 heavy (non-hydrogen) atoms. The molecule has 234 valence electrons. The summed E-state index contributed by atoms with van der Waals surface area (Å²) in [6.07, 6.45) is 5.59. The van der Waals surface area contributed by atoms with Crippen molar-refractivity contribution in [2.75, 3.05) is 6.54 Å². The highest BCUT2D eigenvalue weighted by Crippen LogP contribution is 2.42. The molecule has 2 saturated heterocycles. The monoisotopic (exact) mass is 611 g/mol. The zero-order chi connectivity index (χ0) is 30.7. The van der Waals surface area contributed by atoms with E-state index in [1.54, 1.807) is 0 Å². The molecule has 1 amide bonds. The Bertz CT molecular complexity index is 1210. The lowest BCUT2D eigenvalue weighted by atomic mass is 9.86. The first-order valence-corrected chi connectivity index (χ1v) is 16.5. The van der Waals surface area contributed by atoms with Crippen LogP contribution in [0.25, 0.3) is 0 Å². The molecule has 13 heteroatoms. The molecule has 1 aliphatic carbocycles. The van der Waals surface area contributed by atoms with Gasteiger partial charge in [0.2, 0.25) is 11.8 Å². The average Bonchev–Trinajstić information content (AvgIpc) is 3.41. The Hall–Kier alpha value is -2.24. The van der Waals surface area contributed by atoms with E-state index in [9.17, 15) is 13.6 Å². The van der Waals surface area contributed by atoms with Crippen molar-refractivity contribution >= 4 is 13.7 Å². The standard InChI is InChI=1S/C29H41F2N5O.H3O4P/c1-19(2)27-34-33-20(3)36(27)25-17-23-9-10-24(18-25)35(23)16-13-26(21-7-5-4-6-8-21)32-28(37)22-11-14-29(30,31)15-12-22;1-5(2,3)4/h4-8,19,22-26H,9-18H2,1-3H3,(H,32,37);(H3,1,2,3,4)/t23-,24+,25?,26-;/m0./s1. The Morgan fingerprint density at radius 1 is 1.02 bits per heavy atom. The van der Waals surface area contributed by atoms with Crippen molar-refractivity contribution in [3.05, 3.63) is 47.5 Å². The largest absolute Gasteiger partial charge is 0.466 e. The normalized spacial score (nSPS) is 25.1. The maximum absolute atomic E-state index is 13.6. The molecule has 1 saturated carbocycles. The predicted molar refractivity (Wildman–Crippen MR) is 154 cm³/mol. The third-order valence-electron chi connectivity index (χ3n) is 8.92. The van der Waals surface area contributed by atoms with Crippen LogP contribution in [-0.2, 0) is 9.36 Å². The van der Waals surface area contributed by atoms with Crippen molar-refractivity contribution in [1.29, 1.82) is 0 Å². The number of halogens is 2. The first kappa shape index (κ1) is 32.7. The summed E-state index contributed by atoms with van der Waals surface area (Å²) in [6.45, 7) is 7.34. The van der Waals surface area contributed by atoms with Crippen molar-refractivity contribution < 1.29 is 32.8 Å². The van der Waals surface area contributed by atoms with Gasteiger partial charge in [-0.05, 0) is 57.4 Å². The number of hydrogen-bond donors (Lipinski definition) is 4. The van der Waals surface area contributed by atoms with Crippen LogP contribution >= 0.6 is 7.82 Å². The summed E-state index contributed by atoms with van der Waals surface area (Å²) in [7, 11) is -4.64. The third kappa shape index (κ3) is 8.66. The fourth-order valence-electron chi connectivity index (χ4n) is 6.93. The zero-order valence-corrected chi connectivity index (χ0v) is 25.5. The van der Waals surface area contributed by atoms with E-state index in [0.717, 1.165) is 43.0 Å². The minimum Gasteiger partial charge on any atom is -0.349 e. The summed E-state index contributed by atoms with van der Waals surface area (Å²) >= 11 is 0. The summed E-state index contributed by atoms with van der Waals surface area (Å²) < 4.78 is 38.5. The van der Waals surface area contributed by atoms with Crippen LogP contribution in [-0.4, -0.2) is 64.8 Å². The number of nitrogens with one attached hydrogen (secondary N) is 1. The van der Waals surface area contributed by atoms with E-state index >= 15 is 0 Å². The van der Waals surface area contributed by atoms with E-state index in [4.69, 9.17) is 19.2 Å². The van der Waals surface area contributed by atoms with Crippen molar-refractivity contribution in [2.24, 2.45) is 5.92 Å². The van der Waals surface area contributed by atoms with Crippen molar-refractivity contribution in [3.8, 4) is 0 Å². The van der Waals surface area contributed by atoms with Gasteiger partial charge in [-0.25, -0.2) is 13.3 Å². The molecule has 4 atom stereocenters. The van der Waals surface area contributed by atoms with Gasteiger partial charge in [0.1, 0.15) is 11.6 Å². The number of amides is 1. The van der Waals surface area contributed by atoms with Crippen molar-refractivity contribution in [2.45, 2.75) is 115 Å². The van der Waals surface area contributed by atoms with Gasteiger partial charge in [-0.3, -0.25) is 9.69 Å². The summed E-state index contributed by atoms with van der Waals surface area (Å²) in [4.78, 5) is 37.3. The second-order valence-corrected chi connectivity index (χ2v) is 13.3. The van der Waals surface area contributed by atoms with Crippen LogP contribution in [0.3, 0.4) is 0 Å². The molecule has 1 unspecified atom stereocenters. The quantitative estimate of drug-likeness (QED) is 0.305. The fourth-order valence-corrected chi connectivity index (χ4v) is 6.93. The van der Waals surface area contributed by atoms with Crippen LogP contribution in [0.15, 0.2) is 30.3 Å². The third-order valence-corrected chi connectivity index (χ3v) is 8.92. The first-order valence-electron chi connectivity index (χ1n) is 14.9. The summed E-state index contributed by atoms with van der Waals surface area (Å²) in [6, 6.07) is 11.5. The Balaban J connectivity index is 0.000000748. The lowest BCUT2D eigenvalue weighted by Gasteiger charge is -2.40. The molecule has 2 aromatic rings. The van der Waals surface area contributed by atoms with Crippen molar-refractivity contribution in [3.63, 3.8) is 0 Å². The summed E-state index contributed by atoms with van der Waals surface area (Å²) in [5.41, 5.74) is 1.08. The molecule has 5 rings (SSSR count). The van der Waals surface area contributed by atoms with Gasteiger partial charge in [-0.15, -0.1) is 10.2 Å². The fraction of sp³-hybridized carbons (Fsp3) is 0.690. The minimum absolute atomic E-state index is 0.0738. The van der Waals surface area contributed by atoms with E-state index in [1.807, 2.05) is 18.2 Å². The highest BCUT2D eigenvalue weighted by atomic mass is 31.2. The number of aromatic nitrogens is 3. The molecular weight excluding hydrogens is 567 g/mol. The number of nitrogens with zero attached hydrogens (tertiary/aromatic N) is 4. The topological polar surface area (TPSA) is 141 Å². The van der Waals surface area contributed by atoms with Gasteiger partial charge in [0.15, 0.2) is 0 Å². The summed E-state index contributed by atoms with van der Waals surface area (Å²) in [5.74, 6) is -0.572. The lowest BCUT2D eigenvalue weighted by Crippen LogP contribution is -2.45. The zero-order valence-electron chi connectivity index (χ0n) is 24.6. The smallest absolute Gasteiger partial charge is 0.349 e. The van der Waals surface area contributed by atoms with Crippen LogP contribution in [0.2, 0.25) is 0 Å². The highest BCUT2D eigenvalue weighted by molar-refractivity contribution is 7.45. The van der Waals surface area contributed by atoms with Gasteiger partial charge < -0.3 is 24.6 Å². The van der Waals surface area contributed by atoms with Gasteiger partial charge >= 0.3 is 7.82 Å². The van der Waals surface area contributed by atoms with Crippen LogP contribution in [0.4, 0.5) is 8.78 Å². The van der Waals surface area contributed by atoms with Gasteiger partial charge in [-0.1, -0.05) is 44.2 Å². The number of phosphoric acid groups is 1. The maximum atomic E-state index is 13.6. The molecule has 0 radical (unpaired) electrons. The van der Waals surface area contributed by atoms with Gasteiger partial charge in [0.25, 0.3) is 0 Å². The van der Waals surface area contributed by atoms with E-state index < -0.39 is 13.7 Å². The number of carbonyl (C=O) groups is 1. The molecule has 2 aliphatic heterocycles. The van der Waals surface area contributed by atoms with Gasteiger partial charge in [0, 0.05) is 49.3 Å². The molecule has 10 nitrogen and oxygen atoms in total. The predicted octanol–water partition coefficient (Wildman–Crippen LogP) is 5.02. The van der Waals surface area contributed by atoms with Crippen LogP contribution < -0.4 is 5.32 Å². The SMILES string of the molecule is Cc1nnc(C(C)C)n1C1C[C@H]2CC[C@@H](C1)N2CC[C@H](NC(=O)C1CCC(F)(F)CC1)c1ccccc1.O=P(O)(O)O. The first-order chi connectivity index (χ1) is 19.7. The number of piperidine rings is 1. The molecule has 3 aliphatic rings. The second kappa shape index (κ2) is 13.6. The Morgan fingerprint density at radius 2 is 1.60 bits per heavy atom. The highest BCUT2D eigenvalue weighted by Gasteiger charge is 2.42. The lowest BCUT2D eigenvalue weighted by molar-refractivity contribution is -0.130. The molecule has 1 aromatic carbocycles. The van der Waals surface area contributed by atoms with Gasteiger partial charge in [-0.2, -0.15) is 0 Å². The number of benzene rings is 1. The number of carbonyl (C=O) groups excluding carboxylic acids is 1.